The van der Waals surface area contributed by atoms with Gasteiger partial charge in [0.2, 0.25) is 5.91 Å². The summed E-state index contributed by atoms with van der Waals surface area (Å²) in [5.74, 6) is 0.207. The average Bonchev–Trinajstić information content (AvgIpc) is 2.61. The first kappa shape index (κ1) is 16.1. The molecule has 124 valence electrons. The Morgan fingerprint density at radius 2 is 1.79 bits per heavy atom. The molecule has 1 aliphatic heterocycles. The zero-order chi connectivity index (χ0) is 17.1. The fourth-order valence-corrected chi connectivity index (χ4v) is 2.80. The lowest BCUT2D eigenvalue weighted by Gasteiger charge is -2.34. The molecule has 0 fully saturated rings. The molecule has 2 aromatic carbocycles. The topological polar surface area (TPSA) is 58.6 Å². The Morgan fingerprint density at radius 3 is 2.50 bits per heavy atom. The second-order valence-corrected chi connectivity index (χ2v) is 5.84. The summed E-state index contributed by atoms with van der Waals surface area (Å²) in [5, 5.41) is 2.95. The van der Waals surface area contributed by atoms with Crippen molar-refractivity contribution in [3.63, 3.8) is 0 Å². The first-order valence-electron chi connectivity index (χ1n) is 7.95. The average molecular weight is 324 g/mol. The summed E-state index contributed by atoms with van der Waals surface area (Å²) in [6.07, 6.45) is -0.727. The maximum Gasteiger partial charge on any atom is 0.263 e. The number of carbonyl (C=O) groups excluding carboxylic acids is 2. The summed E-state index contributed by atoms with van der Waals surface area (Å²) >= 11 is 0. The highest BCUT2D eigenvalue weighted by Gasteiger charge is 2.32. The minimum Gasteiger partial charge on any atom is -0.477 e. The smallest absolute Gasteiger partial charge is 0.263 e. The number of para-hydroxylation sites is 2. The van der Waals surface area contributed by atoms with Crippen molar-refractivity contribution in [2.45, 2.75) is 26.0 Å². The van der Waals surface area contributed by atoms with Crippen LogP contribution in [0.2, 0.25) is 0 Å². The van der Waals surface area contributed by atoms with Gasteiger partial charge in [-0.15, -0.1) is 0 Å². The van der Waals surface area contributed by atoms with Crippen molar-refractivity contribution in [1.29, 1.82) is 0 Å². The summed E-state index contributed by atoms with van der Waals surface area (Å²) in [4.78, 5) is 26.1. The number of nitrogens with zero attached hydrogens (tertiary/aromatic N) is 1. The van der Waals surface area contributed by atoms with Crippen LogP contribution < -0.4 is 15.0 Å². The van der Waals surface area contributed by atoms with Gasteiger partial charge in [-0.1, -0.05) is 42.5 Å². The van der Waals surface area contributed by atoms with Crippen LogP contribution in [0.1, 0.15) is 25.5 Å². The molecule has 0 aliphatic carbocycles. The van der Waals surface area contributed by atoms with E-state index >= 15 is 0 Å². The van der Waals surface area contributed by atoms with Crippen LogP contribution in [-0.2, 0) is 9.59 Å². The van der Waals surface area contributed by atoms with E-state index in [4.69, 9.17) is 4.74 Å². The number of ether oxygens (including phenoxy) is 1. The van der Waals surface area contributed by atoms with Crippen LogP contribution in [-0.4, -0.2) is 24.5 Å². The second-order valence-electron chi connectivity index (χ2n) is 5.84. The van der Waals surface area contributed by atoms with Gasteiger partial charge in [0.15, 0.2) is 6.10 Å². The number of carbonyl (C=O) groups is 2. The normalized spacial score (nSPS) is 17.4. The summed E-state index contributed by atoms with van der Waals surface area (Å²) in [7, 11) is 0. The Balaban J connectivity index is 1.75. The van der Waals surface area contributed by atoms with Gasteiger partial charge in [0.1, 0.15) is 5.75 Å². The van der Waals surface area contributed by atoms with Gasteiger partial charge in [-0.05, 0) is 24.6 Å². The molecule has 0 saturated heterocycles. The zero-order valence-electron chi connectivity index (χ0n) is 13.7. The maximum absolute atomic E-state index is 12.6. The van der Waals surface area contributed by atoms with E-state index in [0.29, 0.717) is 11.4 Å². The number of hydrogen-bond donors (Lipinski definition) is 1. The lowest BCUT2D eigenvalue weighted by molar-refractivity contribution is -0.129. The molecule has 2 aromatic rings. The van der Waals surface area contributed by atoms with E-state index in [1.807, 2.05) is 55.5 Å². The fourth-order valence-electron chi connectivity index (χ4n) is 2.80. The Hall–Kier alpha value is -2.82. The molecule has 0 saturated carbocycles. The molecule has 5 heteroatoms. The third-order valence-corrected chi connectivity index (χ3v) is 4.10. The molecule has 2 atom stereocenters. The maximum atomic E-state index is 12.6. The number of hydrogen-bond acceptors (Lipinski definition) is 3. The van der Waals surface area contributed by atoms with Crippen molar-refractivity contribution >= 4 is 17.5 Å². The number of anilines is 1. The highest BCUT2D eigenvalue weighted by Crippen LogP contribution is 2.33. The molecule has 24 heavy (non-hydrogen) atoms. The zero-order valence-corrected chi connectivity index (χ0v) is 13.7. The first-order chi connectivity index (χ1) is 11.6. The van der Waals surface area contributed by atoms with E-state index < -0.39 is 6.10 Å². The second kappa shape index (κ2) is 6.74. The van der Waals surface area contributed by atoms with Crippen LogP contribution in [0, 0.1) is 0 Å². The van der Waals surface area contributed by atoms with E-state index in [1.165, 1.54) is 6.92 Å². The van der Waals surface area contributed by atoms with Gasteiger partial charge in [0.25, 0.3) is 5.91 Å². The number of benzene rings is 2. The molecule has 1 aliphatic rings. The van der Waals surface area contributed by atoms with Crippen LogP contribution in [0.3, 0.4) is 0 Å². The SMILES string of the molecule is CC(=O)N1CC(C(=O)NC(C)c2ccccc2)Oc2ccccc21. The quantitative estimate of drug-likeness (QED) is 0.944. The molecule has 1 heterocycles. The molecule has 0 bridgehead atoms. The van der Waals surface area contributed by atoms with Gasteiger partial charge in [-0.2, -0.15) is 0 Å². The highest BCUT2D eigenvalue weighted by molar-refractivity contribution is 5.95. The number of amides is 2. The predicted molar refractivity (Wildman–Crippen MR) is 91.9 cm³/mol. The van der Waals surface area contributed by atoms with E-state index in [9.17, 15) is 9.59 Å². The van der Waals surface area contributed by atoms with Crippen molar-refractivity contribution in [2.24, 2.45) is 0 Å². The standard InChI is InChI=1S/C19H20N2O3/c1-13(15-8-4-3-5-9-15)20-19(23)18-12-21(14(2)22)16-10-6-7-11-17(16)24-18/h3-11,13,18H,12H2,1-2H3,(H,20,23). The fraction of sp³-hybridized carbons (Fsp3) is 0.263. The van der Waals surface area contributed by atoms with Gasteiger partial charge < -0.3 is 15.0 Å². The van der Waals surface area contributed by atoms with E-state index in [2.05, 4.69) is 5.32 Å². The minimum absolute atomic E-state index is 0.111. The first-order valence-corrected chi connectivity index (χ1v) is 7.95. The molecule has 2 amide bonds. The largest absolute Gasteiger partial charge is 0.477 e. The number of rotatable bonds is 3. The van der Waals surface area contributed by atoms with Crippen LogP contribution >= 0.6 is 0 Å². The molecule has 0 aromatic heterocycles. The van der Waals surface area contributed by atoms with Gasteiger partial charge in [0.05, 0.1) is 18.3 Å². The van der Waals surface area contributed by atoms with Crippen LogP contribution in [0.25, 0.3) is 0 Å². The molecular formula is C19H20N2O3. The minimum atomic E-state index is -0.727. The molecule has 1 N–H and O–H groups in total. The van der Waals surface area contributed by atoms with E-state index in [1.54, 1.807) is 11.0 Å². The third-order valence-electron chi connectivity index (χ3n) is 4.10. The Bertz CT molecular complexity index is 745. The van der Waals surface area contributed by atoms with E-state index in [0.717, 1.165) is 5.56 Å². The van der Waals surface area contributed by atoms with Crippen molar-refractivity contribution in [2.75, 3.05) is 11.4 Å². The van der Waals surface area contributed by atoms with Gasteiger partial charge in [-0.25, -0.2) is 0 Å². The van der Waals surface area contributed by atoms with Crippen molar-refractivity contribution in [3.05, 3.63) is 60.2 Å². The van der Waals surface area contributed by atoms with Crippen molar-refractivity contribution < 1.29 is 14.3 Å². The van der Waals surface area contributed by atoms with Crippen LogP contribution in [0.15, 0.2) is 54.6 Å². The molecule has 3 rings (SSSR count). The van der Waals surface area contributed by atoms with Crippen molar-refractivity contribution in [3.8, 4) is 5.75 Å². The monoisotopic (exact) mass is 324 g/mol. The molecule has 0 spiro atoms. The summed E-state index contributed by atoms with van der Waals surface area (Å²) < 4.78 is 5.80. The number of fused-ring (bicyclic) bond motifs is 1. The predicted octanol–water partition coefficient (Wildman–Crippen LogP) is 2.68. The Kier molecular flexibility index (Phi) is 4.51. The van der Waals surface area contributed by atoms with Crippen LogP contribution in [0.5, 0.6) is 5.75 Å². The number of nitrogens with one attached hydrogen (secondary N) is 1. The summed E-state index contributed by atoms with van der Waals surface area (Å²) in [6.45, 7) is 3.62. The molecule has 0 radical (unpaired) electrons. The highest BCUT2D eigenvalue weighted by atomic mass is 16.5. The van der Waals surface area contributed by atoms with Crippen LogP contribution in [0.4, 0.5) is 5.69 Å². The van der Waals surface area contributed by atoms with Gasteiger partial charge >= 0.3 is 0 Å². The van der Waals surface area contributed by atoms with Gasteiger partial charge in [-0.3, -0.25) is 9.59 Å². The van der Waals surface area contributed by atoms with Gasteiger partial charge in [0, 0.05) is 6.92 Å². The molecule has 5 nitrogen and oxygen atoms in total. The Morgan fingerprint density at radius 1 is 1.12 bits per heavy atom. The lowest BCUT2D eigenvalue weighted by Crippen LogP contribution is -2.50. The molecule has 2 unspecified atom stereocenters. The summed E-state index contributed by atoms with van der Waals surface area (Å²) in [5.41, 5.74) is 1.72. The lowest BCUT2D eigenvalue weighted by atomic mass is 10.1. The Labute approximate surface area is 141 Å². The third kappa shape index (κ3) is 3.25. The summed E-state index contributed by atoms with van der Waals surface area (Å²) in [6, 6.07) is 16.8. The molecular weight excluding hydrogens is 304 g/mol. The van der Waals surface area contributed by atoms with E-state index in [-0.39, 0.29) is 24.4 Å². The van der Waals surface area contributed by atoms with Crippen molar-refractivity contribution in [1.82, 2.24) is 5.32 Å².